The van der Waals surface area contributed by atoms with E-state index in [1.807, 2.05) is 0 Å². The van der Waals surface area contributed by atoms with Crippen molar-refractivity contribution in [3.8, 4) is 11.1 Å². The maximum Gasteiger partial charge on any atom is 0.325 e. The number of aliphatic carboxylic acids is 1. The highest BCUT2D eigenvalue weighted by molar-refractivity contribution is 5.75. The number of carboxylic acids is 1. The molecule has 0 aliphatic heterocycles. The van der Waals surface area contributed by atoms with E-state index in [2.05, 4.69) is 5.10 Å². The van der Waals surface area contributed by atoms with Crippen LogP contribution in [-0.4, -0.2) is 25.8 Å². The Morgan fingerprint density at radius 2 is 2.11 bits per heavy atom. The Balaban J connectivity index is 2.50. The van der Waals surface area contributed by atoms with Crippen LogP contribution in [0.3, 0.4) is 0 Å². The fourth-order valence-electron chi connectivity index (χ4n) is 1.86. The molecular weight excluding hydrogens is 250 g/mol. The number of hydrogen-bond acceptors (Lipinski definition) is 4. The minimum absolute atomic E-state index is 0.0273. The van der Waals surface area contributed by atoms with Crippen LogP contribution in [0, 0.1) is 17.0 Å². The molecule has 1 N–H and O–H groups in total. The number of nitrogens with zero attached hydrogens (tertiary/aromatic N) is 3. The first kappa shape index (κ1) is 12.7. The van der Waals surface area contributed by atoms with Crippen molar-refractivity contribution in [3.05, 3.63) is 46.3 Å². The Morgan fingerprint density at radius 3 is 2.74 bits per heavy atom. The average molecular weight is 261 g/mol. The SMILES string of the molecule is Cc1nn(CC(=O)O)cc1-c1ccccc1[N+](=O)[O-]. The Hall–Kier alpha value is -2.70. The molecule has 0 saturated carbocycles. The quantitative estimate of drug-likeness (QED) is 0.669. The Bertz CT molecular complexity index is 648. The molecule has 0 radical (unpaired) electrons. The van der Waals surface area contributed by atoms with E-state index in [1.165, 1.54) is 16.9 Å². The molecule has 0 saturated heterocycles. The van der Waals surface area contributed by atoms with Gasteiger partial charge in [-0.1, -0.05) is 12.1 Å². The number of benzene rings is 1. The molecule has 0 amide bonds. The number of aromatic nitrogens is 2. The third kappa shape index (κ3) is 2.59. The summed E-state index contributed by atoms with van der Waals surface area (Å²) < 4.78 is 1.25. The van der Waals surface area contributed by atoms with Gasteiger partial charge >= 0.3 is 5.97 Å². The minimum atomic E-state index is -1.02. The number of para-hydroxylation sites is 1. The number of nitro groups is 1. The van der Waals surface area contributed by atoms with Gasteiger partial charge in [0.2, 0.25) is 0 Å². The number of hydrogen-bond donors (Lipinski definition) is 1. The number of carboxylic acid groups (broad SMARTS) is 1. The molecule has 2 aromatic rings. The first-order chi connectivity index (χ1) is 8.99. The minimum Gasteiger partial charge on any atom is -0.480 e. The highest BCUT2D eigenvalue weighted by atomic mass is 16.6. The number of nitro benzene ring substituents is 1. The van der Waals surface area contributed by atoms with Crippen molar-refractivity contribution in [2.75, 3.05) is 0 Å². The predicted molar refractivity (Wildman–Crippen MR) is 66.7 cm³/mol. The number of carbonyl (C=O) groups is 1. The molecule has 1 heterocycles. The zero-order chi connectivity index (χ0) is 14.0. The zero-order valence-electron chi connectivity index (χ0n) is 10.1. The lowest BCUT2D eigenvalue weighted by Gasteiger charge is -2.00. The van der Waals surface area contributed by atoms with Crippen LogP contribution in [-0.2, 0) is 11.3 Å². The van der Waals surface area contributed by atoms with Crippen LogP contribution in [0.1, 0.15) is 5.69 Å². The van der Waals surface area contributed by atoms with Crippen molar-refractivity contribution in [2.24, 2.45) is 0 Å². The summed E-state index contributed by atoms with van der Waals surface area (Å²) in [4.78, 5) is 21.1. The molecule has 0 atom stereocenters. The van der Waals surface area contributed by atoms with Crippen LogP contribution in [0.4, 0.5) is 5.69 Å². The van der Waals surface area contributed by atoms with Gasteiger partial charge in [0.1, 0.15) is 6.54 Å². The van der Waals surface area contributed by atoms with Crippen LogP contribution in [0.5, 0.6) is 0 Å². The van der Waals surface area contributed by atoms with E-state index in [9.17, 15) is 14.9 Å². The van der Waals surface area contributed by atoms with E-state index in [-0.39, 0.29) is 12.2 Å². The Kier molecular flexibility index (Phi) is 3.28. The van der Waals surface area contributed by atoms with Gasteiger partial charge in [0.15, 0.2) is 0 Å². The zero-order valence-corrected chi connectivity index (χ0v) is 10.1. The molecule has 0 aliphatic carbocycles. The second-order valence-electron chi connectivity index (χ2n) is 3.99. The second kappa shape index (κ2) is 4.89. The summed E-state index contributed by atoms with van der Waals surface area (Å²) in [6, 6.07) is 6.30. The first-order valence-electron chi connectivity index (χ1n) is 5.48. The molecule has 0 spiro atoms. The highest BCUT2D eigenvalue weighted by Gasteiger charge is 2.18. The average Bonchev–Trinajstić information content (AvgIpc) is 2.69. The first-order valence-corrected chi connectivity index (χ1v) is 5.48. The van der Waals surface area contributed by atoms with Crippen LogP contribution < -0.4 is 0 Å². The standard InChI is InChI=1S/C12H11N3O4/c1-8-10(6-14(13-8)7-12(16)17)9-4-2-3-5-11(9)15(18)19/h2-6H,7H2,1H3,(H,16,17). The summed E-state index contributed by atoms with van der Waals surface area (Å²) in [5, 5.41) is 23.7. The summed E-state index contributed by atoms with van der Waals surface area (Å²) in [6.45, 7) is 1.41. The van der Waals surface area contributed by atoms with E-state index >= 15 is 0 Å². The third-order valence-corrected chi connectivity index (χ3v) is 2.63. The van der Waals surface area contributed by atoms with Gasteiger partial charge in [-0.15, -0.1) is 0 Å². The fourth-order valence-corrected chi connectivity index (χ4v) is 1.86. The summed E-state index contributed by atoms with van der Waals surface area (Å²) in [5.74, 6) is -1.02. The van der Waals surface area contributed by atoms with Gasteiger partial charge in [-0.25, -0.2) is 0 Å². The number of aryl methyl sites for hydroxylation is 1. The maximum atomic E-state index is 11.0. The van der Waals surface area contributed by atoms with Crippen LogP contribution >= 0.6 is 0 Å². The van der Waals surface area contributed by atoms with Crippen molar-refractivity contribution < 1.29 is 14.8 Å². The smallest absolute Gasteiger partial charge is 0.325 e. The molecule has 7 nitrogen and oxygen atoms in total. The van der Waals surface area contributed by atoms with Crippen molar-refractivity contribution in [1.82, 2.24) is 9.78 Å². The van der Waals surface area contributed by atoms with Gasteiger partial charge in [0.05, 0.1) is 16.2 Å². The van der Waals surface area contributed by atoms with E-state index in [1.54, 1.807) is 25.1 Å². The summed E-state index contributed by atoms with van der Waals surface area (Å²) in [5.41, 5.74) is 1.52. The van der Waals surface area contributed by atoms with Gasteiger partial charge in [0, 0.05) is 17.8 Å². The van der Waals surface area contributed by atoms with Crippen molar-refractivity contribution in [2.45, 2.75) is 13.5 Å². The van der Waals surface area contributed by atoms with Crippen LogP contribution in [0.2, 0.25) is 0 Å². The molecule has 19 heavy (non-hydrogen) atoms. The molecule has 0 aliphatic rings. The van der Waals surface area contributed by atoms with Crippen molar-refractivity contribution in [3.63, 3.8) is 0 Å². The maximum absolute atomic E-state index is 11.0. The highest BCUT2D eigenvalue weighted by Crippen LogP contribution is 2.31. The van der Waals surface area contributed by atoms with Gasteiger partial charge in [-0.05, 0) is 13.0 Å². The van der Waals surface area contributed by atoms with Crippen molar-refractivity contribution in [1.29, 1.82) is 0 Å². The largest absolute Gasteiger partial charge is 0.480 e. The molecule has 1 aromatic carbocycles. The summed E-state index contributed by atoms with van der Waals surface area (Å²) in [6.07, 6.45) is 1.51. The second-order valence-corrected chi connectivity index (χ2v) is 3.99. The lowest BCUT2D eigenvalue weighted by molar-refractivity contribution is -0.384. The predicted octanol–water partition coefficient (Wildman–Crippen LogP) is 1.85. The Morgan fingerprint density at radius 1 is 1.42 bits per heavy atom. The monoisotopic (exact) mass is 261 g/mol. The molecule has 2 rings (SSSR count). The number of rotatable bonds is 4. The third-order valence-electron chi connectivity index (χ3n) is 2.63. The summed E-state index contributed by atoms with van der Waals surface area (Å²) in [7, 11) is 0. The van der Waals surface area contributed by atoms with Gasteiger partial charge in [-0.3, -0.25) is 19.6 Å². The molecule has 98 valence electrons. The van der Waals surface area contributed by atoms with Gasteiger partial charge in [-0.2, -0.15) is 5.10 Å². The van der Waals surface area contributed by atoms with E-state index in [0.29, 0.717) is 16.8 Å². The lowest BCUT2D eigenvalue weighted by atomic mass is 10.1. The lowest BCUT2D eigenvalue weighted by Crippen LogP contribution is -2.08. The van der Waals surface area contributed by atoms with Gasteiger partial charge < -0.3 is 5.11 Å². The van der Waals surface area contributed by atoms with E-state index in [0.717, 1.165) is 0 Å². The van der Waals surface area contributed by atoms with E-state index < -0.39 is 10.9 Å². The fraction of sp³-hybridized carbons (Fsp3) is 0.167. The Labute approximate surface area is 108 Å². The topological polar surface area (TPSA) is 98.3 Å². The molecule has 1 aromatic heterocycles. The molecule has 7 heteroatoms. The normalized spacial score (nSPS) is 10.4. The van der Waals surface area contributed by atoms with E-state index in [4.69, 9.17) is 5.11 Å². The molecular formula is C12H11N3O4. The van der Waals surface area contributed by atoms with Gasteiger partial charge in [0.25, 0.3) is 5.69 Å². The molecule has 0 bridgehead atoms. The van der Waals surface area contributed by atoms with Crippen molar-refractivity contribution >= 4 is 11.7 Å². The molecule has 0 fully saturated rings. The molecule has 0 unspecified atom stereocenters. The van der Waals surface area contributed by atoms with Crippen LogP contribution in [0.25, 0.3) is 11.1 Å². The van der Waals surface area contributed by atoms with Crippen LogP contribution in [0.15, 0.2) is 30.5 Å². The summed E-state index contributed by atoms with van der Waals surface area (Å²) >= 11 is 0.